The normalized spacial score (nSPS) is 9.21. The number of aromatic nitrogens is 2. The molecule has 6 heteroatoms. The van der Waals surface area contributed by atoms with Crippen LogP contribution in [0.5, 0.6) is 0 Å². The fraction of sp³-hybridized carbons (Fsp3) is 0.0769. The number of imidazole rings is 1. The molecule has 0 aliphatic rings. The molecule has 0 aliphatic carbocycles. The third-order valence-corrected chi connectivity index (χ3v) is 2.51. The van der Waals surface area contributed by atoms with Crippen LogP contribution in [-0.2, 0) is 7.05 Å². The van der Waals surface area contributed by atoms with E-state index in [0.29, 0.717) is 5.69 Å². The predicted molar refractivity (Wildman–Crippen MR) is 70.9 cm³/mol. The number of rotatable bonds is 3. The molecule has 0 atom stereocenters. The molecule has 0 radical (unpaired) electrons. The Kier molecular flexibility index (Phi) is 3.56. The monoisotopic (exact) mass is 250 g/mol. The highest BCUT2D eigenvalue weighted by molar-refractivity contribution is 6.10. The SMILES string of the molecule is Cn1cncc1-c1ccc(NN=C(C#N)C#N)cc1. The van der Waals surface area contributed by atoms with E-state index < -0.39 is 0 Å². The van der Waals surface area contributed by atoms with E-state index in [1.165, 1.54) is 0 Å². The maximum absolute atomic E-state index is 8.55. The van der Waals surface area contributed by atoms with E-state index in [4.69, 9.17) is 10.5 Å². The van der Waals surface area contributed by atoms with Gasteiger partial charge in [-0.15, -0.1) is 0 Å². The van der Waals surface area contributed by atoms with Gasteiger partial charge >= 0.3 is 0 Å². The Morgan fingerprint density at radius 2 is 1.95 bits per heavy atom. The Morgan fingerprint density at radius 1 is 1.26 bits per heavy atom. The third kappa shape index (κ3) is 2.76. The van der Waals surface area contributed by atoms with Gasteiger partial charge in [0.05, 0.1) is 23.9 Å². The molecule has 0 spiro atoms. The van der Waals surface area contributed by atoms with Gasteiger partial charge in [0.15, 0.2) is 0 Å². The van der Waals surface area contributed by atoms with Crippen molar-refractivity contribution in [3.05, 3.63) is 36.8 Å². The third-order valence-electron chi connectivity index (χ3n) is 2.51. The zero-order valence-electron chi connectivity index (χ0n) is 10.2. The van der Waals surface area contributed by atoms with Gasteiger partial charge in [0, 0.05) is 7.05 Å². The first kappa shape index (κ1) is 12.3. The summed E-state index contributed by atoms with van der Waals surface area (Å²) in [6.07, 6.45) is 3.52. The van der Waals surface area contributed by atoms with E-state index in [1.807, 2.05) is 35.9 Å². The molecule has 0 fully saturated rings. The average Bonchev–Trinajstić information content (AvgIpc) is 2.87. The van der Waals surface area contributed by atoms with Crippen LogP contribution in [0.15, 0.2) is 41.9 Å². The molecule has 1 aromatic heterocycles. The van der Waals surface area contributed by atoms with Gasteiger partial charge in [-0.05, 0) is 17.7 Å². The standard InChI is InChI=1S/C13H10N6/c1-19-9-16-8-13(19)10-2-4-11(5-3-10)17-18-12(6-14)7-15/h2-5,8-9,17H,1H3. The van der Waals surface area contributed by atoms with Crippen LogP contribution in [0.2, 0.25) is 0 Å². The summed E-state index contributed by atoms with van der Waals surface area (Å²) < 4.78 is 1.92. The van der Waals surface area contributed by atoms with Crippen molar-refractivity contribution in [3.63, 3.8) is 0 Å². The van der Waals surface area contributed by atoms with Crippen molar-refractivity contribution >= 4 is 11.4 Å². The van der Waals surface area contributed by atoms with E-state index in [1.54, 1.807) is 24.7 Å². The molecule has 0 saturated heterocycles. The zero-order chi connectivity index (χ0) is 13.7. The molecule has 0 unspecified atom stereocenters. The van der Waals surface area contributed by atoms with E-state index in [0.717, 1.165) is 11.3 Å². The topological polar surface area (TPSA) is 89.8 Å². The molecular weight excluding hydrogens is 240 g/mol. The van der Waals surface area contributed by atoms with Crippen LogP contribution in [0.4, 0.5) is 5.69 Å². The van der Waals surface area contributed by atoms with Gasteiger partial charge in [0.1, 0.15) is 12.1 Å². The molecule has 0 bridgehead atoms. The van der Waals surface area contributed by atoms with Crippen molar-refractivity contribution < 1.29 is 0 Å². The second-order valence-electron chi connectivity index (χ2n) is 3.76. The van der Waals surface area contributed by atoms with Crippen molar-refractivity contribution in [2.45, 2.75) is 0 Å². The van der Waals surface area contributed by atoms with Crippen LogP contribution in [-0.4, -0.2) is 15.3 Å². The van der Waals surface area contributed by atoms with Gasteiger partial charge in [0.2, 0.25) is 5.71 Å². The summed E-state index contributed by atoms with van der Waals surface area (Å²) in [6, 6.07) is 10.8. The van der Waals surface area contributed by atoms with Crippen LogP contribution in [0.3, 0.4) is 0 Å². The lowest BCUT2D eigenvalue weighted by atomic mass is 10.1. The quantitative estimate of drug-likeness (QED) is 0.665. The lowest BCUT2D eigenvalue weighted by Gasteiger charge is -2.04. The highest BCUT2D eigenvalue weighted by Crippen LogP contribution is 2.20. The number of benzene rings is 1. The molecule has 0 aliphatic heterocycles. The number of hydrazone groups is 1. The molecule has 2 rings (SSSR count). The minimum Gasteiger partial charge on any atom is -0.334 e. The first-order chi connectivity index (χ1) is 9.24. The molecular formula is C13H10N6. The zero-order valence-corrected chi connectivity index (χ0v) is 10.2. The second-order valence-corrected chi connectivity index (χ2v) is 3.76. The van der Waals surface area contributed by atoms with Gasteiger partial charge in [-0.25, -0.2) is 4.98 Å². The highest BCUT2D eigenvalue weighted by atomic mass is 15.3. The van der Waals surface area contributed by atoms with E-state index in [9.17, 15) is 0 Å². The number of hydrogen-bond donors (Lipinski definition) is 1. The molecule has 1 heterocycles. The number of nitrogens with one attached hydrogen (secondary N) is 1. The minimum atomic E-state index is -0.212. The first-order valence-corrected chi connectivity index (χ1v) is 5.45. The Labute approximate surface area is 110 Å². The van der Waals surface area contributed by atoms with Gasteiger partial charge < -0.3 is 4.57 Å². The summed E-state index contributed by atoms with van der Waals surface area (Å²) >= 11 is 0. The van der Waals surface area contributed by atoms with Crippen LogP contribution in [0.1, 0.15) is 0 Å². The molecule has 6 nitrogen and oxygen atoms in total. The predicted octanol–water partition coefficient (Wildman–Crippen LogP) is 1.90. The van der Waals surface area contributed by atoms with Crippen LogP contribution in [0, 0.1) is 22.7 Å². The number of hydrogen-bond acceptors (Lipinski definition) is 5. The number of nitrogens with zero attached hydrogens (tertiary/aromatic N) is 5. The van der Waals surface area contributed by atoms with Gasteiger partial charge in [-0.2, -0.15) is 15.6 Å². The van der Waals surface area contributed by atoms with Crippen molar-refractivity contribution in [3.8, 4) is 23.4 Å². The Balaban J connectivity index is 2.17. The molecule has 19 heavy (non-hydrogen) atoms. The van der Waals surface area contributed by atoms with Crippen molar-refractivity contribution in [2.24, 2.45) is 12.1 Å². The Bertz CT molecular complexity index is 665. The average molecular weight is 250 g/mol. The van der Waals surface area contributed by atoms with E-state index in [2.05, 4.69) is 15.5 Å². The van der Waals surface area contributed by atoms with Crippen LogP contribution in [0.25, 0.3) is 11.3 Å². The smallest absolute Gasteiger partial charge is 0.237 e. The molecule has 1 aromatic carbocycles. The van der Waals surface area contributed by atoms with Crippen molar-refractivity contribution in [1.82, 2.24) is 9.55 Å². The fourth-order valence-electron chi connectivity index (χ4n) is 1.55. The van der Waals surface area contributed by atoms with Crippen LogP contribution < -0.4 is 5.43 Å². The van der Waals surface area contributed by atoms with Crippen molar-refractivity contribution in [1.29, 1.82) is 10.5 Å². The summed E-state index contributed by atoms with van der Waals surface area (Å²) in [5, 5.41) is 20.8. The first-order valence-electron chi connectivity index (χ1n) is 5.45. The highest BCUT2D eigenvalue weighted by Gasteiger charge is 2.02. The summed E-state index contributed by atoms with van der Waals surface area (Å²) in [7, 11) is 1.92. The van der Waals surface area contributed by atoms with Gasteiger partial charge in [-0.3, -0.25) is 5.43 Å². The number of aryl methyl sites for hydroxylation is 1. The van der Waals surface area contributed by atoms with E-state index >= 15 is 0 Å². The summed E-state index contributed by atoms with van der Waals surface area (Å²) in [4.78, 5) is 4.06. The number of anilines is 1. The maximum Gasteiger partial charge on any atom is 0.237 e. The molecule has 0 saturated carbocycles. The summed E-state index contributed by atoms with van der Waals surface area (Å²) in [5.41, 5.74) is 5.17. The van der Waals surface area contributed by atoms with Gasteiger partial charge in [-0.1, -0.05) is 12.1 Å². The molecule has 0 amide bonds. The summed E-state index contributed by atoms with van der Waals surface area (Å²) in [5.74, 6) is 0. The molecule has 92 valence electrons. The minimum absolute atomic E-state index is 0.212. The lowest BCUT2D eigenvalue weighted by Crippen LogP contribution is -1.96. The van der Waals surface area contributed by atoms with E-state index in [-0.39, 0.29) is 5.71 Å². The largest absolute Gasteiger partial charge is 0.334 e. The Morgan fingerprint density at radius 3 is 2.47 bits per heavy atom. The number of nitriles is 2. The van der Waals surface area contributed by atoms with Gasteiger partial charge in [0.25, 0.3) is 0 Å². The Hall–Kier alpha value is -3.12. The second kappa shape index (κ2) is 5.48. The lowest BCUT2D eigenvalue weighted by molar-refractivity contribution is 0.921. The van der Waals surface area contributed by atoms with Crippen LogP contribution >= 0.6 is 0 Å². The molecule has 2 aromatic rings. The summed E-state index contributed by atoms with van der Waals surface area (Å²) in [6.45, 7) is 0. The molecule has 1 N–H and O–H groups in total. The fourth-order valence-corrected chi connectivity index (χ4v) is 1.55. The van der Waals surface area contributed by atoms with Crippen molar-refractivity contribution in [2.75, 3.05) is 5.43 Å². The maximum atomic E-state index is 8.55.